The van der Waals surface area contributed by atoms with Crippen LogP contribution in [0.5, 0.6) is 0 Å². The van der Waals surface area contributed by atoms with Crippen molar-refractivity contribution in [3.63, 3.8) is 0 Å². The van der Waals surface area contributed by atoms with Crippen LogP contribution in [0.2, 0.25) is 17.3 Å². The van der Waals surface area contributed by atoms with Gasteiger partial charge in [-0.2, -0.15) is 0 Å². The number of hydrogen-bond donors (Lipinski definition) is 0. The molecule has 0 saturated heterocycles. The number of benzene rings is 4. The maximum atomic E-state index is 6.53. The summed E-state index contributed by atoms with van der Waals surface area (Å²) in [7, 11) is 0. The molecular weight excluding hydrogens is 1060 g/mol. The van der Waals surface area contributed by atoms with Crippen molar-refractivity contribution < 1.29 is 24.5 Å². The molecule has 0 saturated carbocycles. The Hall–Kier alpha value is -5.80. The Labute approximate surface area is 411 Å². The number of pyridine rings is 4. The minimum Gasteiger partial charge on any atom is -0.486 e. The molecule has 1 radical (unpaired) electrons. The Kier molecular flexibility index (Phi) is 13.6. The molecule has 0 fully saturated rings. The molecule has 4 aromatic carbocycles. The van der Waals surface area contributed by atoms with Gasteiger partial charge in [-0.05, 0) is 118 Å². The molecule has 0 spiro atoms. The summed E-state index contributed by atoms with van der Waals surface area (Å²) >= 11 is -1.74. The Morgan fingerprint density at radius 3 is 2.06 bits per heavy atom. The van der Waals surface area contributed by atoms with E-state index in [2.05, 4.69) is 185 Å². The van der Waals surface area contributed by atoms with E-state index in [0.29, 0.717) is 22.8 Å². The van der Waals surface area contributed by atoms with Crippen LogP contribution in [0.25, 0.3) is 83.3 Å². The largest absolute Gasteiger partial charge is 0.486 e. The van der Waals surface area contributed by atoms with Crippen LogP contribution in [-0.4, -0.2) is 42.8 Å². The van der Waals surface area contributed by atoms with Gasteiger partial charge in [-0.25, -0.2) is 4.98 Å². The maximum Gasteiger partial charge on any atom is 0.216 e. The van der Waals surface area contributed by atoms with Gasteiger partial charge in [-0.3, -0.25) is 9.97 Å². The van der Waals surface area contributed by atoms with Crippen LogP contribution in [0.4, 0.5) is 0 Å². The first-order valence-corrected chi connectivity index (χ1v) is 30.5. The average Bonchev–Trinajstić information content (AvgIpc) is 3.88. The number of aryl methyl sites for hydroxylation is 3. The third-order valence-corrected chi connectivity index (χ3v) is 17.0. The van der Waals surface area contributed by atoms with Crippen LogP contribution in [0.15, 0.2) is 120 Å². The van der Waals surface area contributed by atoms with Crippen molar-refractivity contribution in [2.24, 2.45) is 0 Å². The second-order valence-corrected chi connectivity index (χ2v) is 30.2. The molecule has 10 aromatic rings. The predicted molar refractivity (Wildman–Crippen MR) is 277 cm³/mol. The van der Waals surface area contributed by atoms with Crippen molar-refractivity contribution in [3.8, 4) is 39.5 Å². The van der Waals surface area contributed by atoms with Gasteiger partial charge in [0, 0.05) is 43.1 Å². The van der Waals surface area contributed by atoms with E-state index < -0.39 is 13.3 Å². The van der Waals surface area contributed by atoms with Crippen LogP contribution in [0, 0.1) is 33.0 Å². The zero-order chi connectivity index (χ0) is 46.6. The summed E-state index contributed by atoms with van der Waals surface area (Å²) in [5.41, 5.74) is 15.9. The van der Waals surface area contributed by atoms with E-state index in [4.69, 9.17) is 24.4 Å². The number of furan rings is 1. The number of hydrogen-bond acceptors (Lipinski definition) is 6. The molecule has 0 unspecified atom stereocenters. The predicted octanol–water partition coefficient (Wildman–Crippen LogP) is 14.8. The van der Waals surface area contributed by atoms with Crippen LogP contribution >= 0.6 is 0 Å². The standard InChI is InChI=1S/C41H36N5O.C17H22GeN.Ir/c1-22(2)32-19-30(29-14-13-27-10-8-9-11-28(27)18-29)20-33(23(3)4)38(32)46-37-26(7)42-17-16-35(37)45-40(46)34-21-43-25(6)36-31-15-12-24(5)44-41(31)47-39(34)36;1-13(2)14-6-8-15(9-7-14)17-11-10-16(12-19-17)18(3,4)5;/h8-20,22-23H,1-7H3;6-8,10-13H,1-5H3;/q2*-1;. The van der Waals surface area contributed by atoms with E-state index >= 15 is 0 Å². The van der Waals surface area contributed by atoms with Crippen LogP contribution in [0.1, 0.15) is 93.1 Å². The van der Waals surface area contributed by atoms with Gasteiger partial charge in [0.15, 0.2) is 0 Å². The molecule has 7 nitrogen and oxygen atoms in total. The number of fused-ring (bicyclic) bond motifs is 5. The fraction of sp³-hybridized carbons (Fsp3) is 0.259. The third kappa shape index (κ3) is 9.29. The van der Waals surface area contributed by atoms with Gasteiger partial charge in [0.05, 0.1) is 28.1 Å². The van der Waals surface area contributed by atoms with E-state index in [1.54, 1.807) is 0 Å². The van der Waals surface area contributed by atoms with Crippen LogP contribution in [-0.2, 0) is 20.1 Å². The topological polar surface area (TPSA) is 82.5 Å². The van der Waals surface area contributed by atoms with Gasteiger partial charge in [-0.15, -0.1) is 0 Å². The molecular formula is C58H58GeIrN6O-2. The van der Waals surface area contributed by atoms with Gasteiger partial charge in [0.2, 0.25) is 5.71 Å². The number of nitrogens with zero attached hydrogens (tertiary/aromatic N) is 6. The summed E-state index contributed by atoms with van der Waals surface area (Å²) in [6.07, 6.45) is 7.22. The van der Waals surface area contributed by atoms with Crippen LogP contribution in [0.3, 0.4) is 0 Å². The molecule has 0 bridgehead atoms. The molecule has 6 aromatic heterocycles. The average molecular weight is 1120 g/mol. The molecule has 0 N–H and O–H groups in total. The monoisotopic (exact) mass is 1120 g/mol. The quantitative estimate of drug-likeness (QED) is 0.111. The van der Waals surface area contributed by atoms with Crippen molar-refractivity contribution in [1.82, 2.24) is 29.5 Å². The Morgan fingerprint density at radius 2 is 1.42 bits per heavy atom. The first-order chi connectivity index (χ1) is 31.6. The molecule has 0 atom stereocenters. The van der Waals surface area contributed by atoms with Gasteiger partial charge in [-0.1, -0.05) is 71.0 Å². The SMILES string of the molecule is CC(C)c1c[c-]c(-c2cc[c]([Ge]([CH3])([CH3])[CH3])cn2)cc1.Cc1ccc2c(n1)oc1c(-c3nc4ccnc(C)c4n3-c3c(C(C)C)cc(-c4ccc5ccccc5c4)cc3C(C)C)[c-]nc(C)c12.[Ir]. The van der Waals surface area contributed by atoms with Gasteiger partial charge >= 0.3 is 119 Å². The zero-order valence-electron chi connectivity index (χ0n) is 40.6. The van der Waals surface area contributed by atoms with Gasteiger partial charge in [0.25, 0.3) is 0 Å². The first kappa shape index (κ1) is 47.7. The molecule has 0 aliphatic rings. The maximum absolute atomic E-state index is 6.53. The summed E-state index contributed by atoms with van der Waals surface area (Å²) in [6, 6.07) is 40.2. The molecule has 9 heteroatoms. The van der Waals surface area contributed by atoms with Crippen molar-refractivity contribution >= 4 is 61.5 Å². The third-order valence-electron chi connectivity index (χ3n) is 12.7. The summed E-state index contributed by atoms with van der Waals surface area (Å²) in [4.78, 5) is 24.1. The van der Waals surface area contributed by atoms with Gasteiger partial charge in [0.1, 0.15) is 0 Å². The summed E-state index contributed by atoms with van der Waals surface area (Å²) < 4.78 is 10.3. The smallest absolute Gasteiger partial charge is 0.216 e. The Bertz CT molecular complexity index is 3390. The minimum atomic E-state index is -1.74. The first-order valence-electron chi connectivity index (χ1n) is 23.2. The molecule has 67 heavy (non-hydrogen) atoms. The Morgan fingerprint density at radius 1 is 0.687 bits per heavy atom. The van der Waals surface area contributed by atoms with Gasteiger partial charge < -0.3 is 14.0 Å². The Balaban J connectivity index is 0.000000256. The number of imidazole rings is 1. The summed E-state index contributed by atoms with van der Waals surface area (Å²) in [5, 5.41) is 4.35. The second kappa shape index (κ2) is 19.1. The number of aromatic nitrogens is 6. The summed E-state index contributed by atoms with van der Waals surface area (Å²) in [6.45, 7) is 19.5. The minimum absolute atomic E-state index is 0. The van der Waals surface area contributed by atoms with Crippen molar-refractivity contribution in [3.05, 3.63) is 162 Å². The molecule has 0 aliphatic heterocycles. The molecule has 10 rings (SSSR count). The number of rotatable bonds is 8. The van der Waals surface area contributed by atoms with Crippen molar-refractivity contribution in [2.45, 2.75) is 97.3 Å². The molecule has 341 valence electrons. The van der Waals surface area contributed by atoms with Crippen molar-refractivity contribution in [2.75, 3.05) is 0 Å². The van der Waals surface area contributed by atoms with E-state index in [9.17, 15) is 0 Å². The summed E-state index contributed by atoms with van der Waals surface area (Å²) in [5.74, 6) is 8.90. The van der Waals surface area contributed by atoms with E-state index in [0.717, 1.165) is 61.7 Å². The fourth-order valence-corrected chi connectivity index (χ4v) is 11.0. The molecule has 0 amide bonds. The normalized spacial score (nSPS) is 11.9. The zero-order valence-corrected chi connectivity index (χ0v) is 45.1. The second-order valence-electron chi connectivity index (χ2n) is 19.6. The van der Waals surface area contributed by atoms with Crippen molar-refractivity contribution in [1.29, 1.82) is 0 Å². The van der Waals surface area contributed by atoms with E-state index in [1.165, 1.54) is 43.0 Å². The van der Waals surface area contributed by atoms with Crippen LogP contribution < -0.4 is 4.40 Å². The van der Waals surface area contributed by atoms with E-state index in [-0.39, 0.29) is 31.9 Å². The molecule has 6 heterocycles. The van der Waals surface area contributed by atoms with E-state index in [1.807, 2.05) is 32.2 Å². The fourth-order valence-electron chi connectivity index (χ4n) is 8.88. The molecule has 0 aliphatic carbocycles.